The molecule has 0 unspecified atom stereocenters. The zero-order chi connectivity index (χ0) is 13.1. The summed E-state index contributed by atoms with van der Waals surface area (Å²) in [4.78, 5) is 8.40. The van der Waals surface area contributed by atoms with Gasteiger partial charge in [0.05, 0.1) is 15.2 Å². The van der Waals surface area contributed by atoms with Crippen molar-refractivity contribution in [2.45, 2.75) is 0 Å². The van der Waals surface area contributed by atoms with E-state index < -0.39 is 0 Å². The van der Waals surface area contributed by atoms with Crippen molar-refractivity contribution in [3.05, 3.63) is 37.5 Å². The molecule has 0 aliphatic heterocycles. The predicted molar refractivity (Wildman–Crippen MR) is 86.7 cm³/mol. The fourth-order valence-electron chi connectivity index (χ4n) is 1.29. The quantitative estimate of drug-likeness (QED) is 0.701. The van der Waals surface area contributed by atoms with Crippen LogP contribution in [0, 0.1) is 3.57 Å². The summed E-state index contributed by atoms with van der Waals surface area (Å²) < 4.78 is 1.86. The number of nitrogens with one attached hydrogen (secondary N) is 2. The minimum absolute atomic E-state index is 0.544. The molecule has 0 fully saturated rings. The van der Waals surface area contributed by atoms with E-state index in [-0.39, 0.29) is 0 Å². The molecule has 0 radical (unpaired) electrons. The number of hydrogen-bond acceptors (Lipinski definition) is 4. The Morgan fingerprint density at radius 1 is 1.39 bits per heavy atom. The van der Waals surface area contributed by atoms with Gasteiger partial charge in [-0.1, -0.05) is 11.6 Å². The third-order valence-electron chi connectivity index (χ3n) is 2.15. The molecule has 0 amide bonds. The van der Waals surface area contributed by atoms with E-state index >= 15 is 0 Å². The van der Waals surface area contributed by atoms with Crippen molar-refractivity contribution in [2.75, 3.05) is 17.7 Å². The topological polar surface area (TPSA) is 49.8 Å². The monoisotopic (exact) mass is 438 g/mol. The van der Waals surface area contributed by atoms with E-state index in [1.165, 1.54) is 0 Å². The summed E-state index contributed by atoms with van der Waals surface area (Å²) in [6.45, 7) is 0. The average molecular weight is 439 g/mol. The maximum Gasteiger partial charge on any atom is 0.224 e. The van der Waals surface area contributed by atoms with Gasteiger partial charge in [0.15, 0.2) is 0 Å². The molecule has 0 aliphatic carbocycles. The number of hydrogen-bond donors (Lipinski definition) is 2. The minimum Gasteiger partial charge on any atom is -0.357 e. The van der Waals surface area contributed by atoms with Crippen LogP contribution in [0.15, 0.2) is 28.9 Å². The molecule has 2 rings (SSSR count). The Balaban J connectivity index is 2.33. The third-order valence-corrected chi connectivity index (χ3v) is 3.72. The molecule has 1 heterocycles. The zero-order valence-corrected chi connectivity index (χ0v) is 13.8. The van der Waals surface area contributed by atoms with E-state index in [9.17, 15) is 0 Å². The summed E-state index contributed by atoms with van der Waals surface area (Å²) in [6, 6.07) is 5.78. The molecule has 94 valence electrons. The first kappa shape index (κ1) is 13.8. The van der Waals surface area contributed by atoms with Gasteiger partial charge in [-0.25, -0.2) is 4.98 Å². The molecule has 0 saturated heterocycles. The van der Waals surface area contributed by atoms with Gasteiger partial charge in [-0.2, -0.15) is 4.98 Å². The Labute approximate surface area is 132 Å². The minimum atomic E-state index is 0.544. The summed E-state index contributed by atoms with van der Waals surface area (Å²) in [5.74, 6) is 1.21. The van der Waals surface area contributed by atoms with Crippen LogP contribution in [0.25, 0.3) is 0 Å². The first-order chi connectivity index (χ1) is 8.60. The van der Waals surface area contributed by atoms with Gasteiger partial charge in [0.2, 0.25) is 5.95 Å². The maximum absolute atomic E-state index is 6.16. The van der Waals surface area contributed by atoms with Gasteiger partial charge < -0.3 is 10.6 Å². The van der Waals surface area contributed by atoms with Gasteiger partial charge in [-0.15, -0.1) is 0 Å². The summed E-state index contributed by atoms with van der Waals surface area (Å²) >= 11 is 11.8. The van der Waals surface area contributed by atoms with Gasteiger partial charge in [0, 0.05) is 16.8 Å². The summed E-state index contributed by atoms with van der Waals surface area (Å²) in [7, 11) is 1.77. The fourth-order valence-corrected chi connectivity index (χ4v) is 2.49. The van der Waals surface area contributed by atoms with Crippen LogP contribution in [0.3, 0.4) is 0 Å². The number of anilines is 3. The molecule has 2 aromatic rings. The smallest absolute Gasteiger partial charge is 0.224 e. The lowest BCUT2D eigenvalue weighted by Crippen LogP contribution is -2.01. The average Bonchev–Trinajstić information content (AvgIpc) is 2.35. The molecule has 0 saturated carbocycles. The predicted octanol–water partition coefficient (Wildman–Crippen LogP) is 4.28. The number of rotatable bonds is 3. The van der Waals surface area contributed by atoms with Gasteiger partial charge >= 0.3 is 0 Å². The highest BCUT2D eigenvalue weighted by Gasteiger charge is 2.07. The van der Waals surface area contributed by atoms with Crippen LogP contribution in [0.5, 0.6) is 0 Å². The molecule has 4 nitrogen and oxygen atoms in total. The number of aromatic nitrogens is 2. The standard InChI is InChI=1S/C11H9BrClIN4/c1-15-11-16-5-7(12)10(18-11)17-9-3-2-6(14)4-8(9)13/h2-5H,1H3,(H2,15,16,17,18). The van der Waals surface area contributed by atoms with E-state index in [4.69, 9.17) is 11.6 Å². The Morgan fingerprint density at radius 3 is 2.83 bits per heavy atom. The molecule has 2 N–H and O–H groups in total. The second-order valence-electron chi connectivity index (χ2n) is 3.39. The maximum atomic E-state index is 6.16. The highest BCUT2D eigenvalue weighted by molar-refractivity contribution is 14.1. The first-order valence-corrected chi connectivity index (χ1v) is 7.27. The van der Waals surface area contributed by atoms with Crippen molar-refractivity contribution >= 4 is 67.6 Å². The number of nitrogens with zero attached hydrogens (tertiary/aromatic N) is 2. The summed E-state index contributed by atoms with van der Waals surface area (Å²) in [6.07, 6.45) is 1.68. The van der Waals surface area contributed by atoms with Crippen molar-refractivity contribution in [3.63, 3.8) is 0 Å². The lowest BCUT2D eigenvalue weighted by Gasteiger charge is -2.10. The van der Waals surface area contributed by atoms with E-state index in [2.05, 4.69) is 59.1 Å². The third kappa shape index (κ3) is 3.24. The van der Waals surface area contributed by atoms with Crippen LogP contribution in [0.2, 0.25) is 5.02 Å². The molecular weight excluding hydrogens is 430 g/mol. The van der Waals surface area contributed by atoms with E-state index in [1.807, 2.05) is 18.2 Å². The van der Waals surface area contributed by atoms with Crippen LogP contribution >= 0.6 is 50.1 Å². The van der Waals surface area contributed by atoms with Crippen LogP contribution in [-0.2, 0) is 0 Å². The van der Waals surface area contributed by atoms with Crippen LogP contribution in [0.1, 0.15) is 0 Å². The molecule has 0 spiro atoms. The van der Waals surface area contributed by atoms with E-state index in [1.54, 1.807) is 13.2 Å². The van der Waals surface area contributed by atoms with Crippen molar-refractivity contribution in [3.8, 4) is 0 Å². The highest BCUT2D eigenvalue weighted by atomic mass is 127. The van der Waals surface area contributed by atoms with E-state index in [0.29, 0.717) is 16.8 Å². The van der Waals surface area contributed by atoms with Gasteiger partial charge in [-0.05, 0) is 56.7 Å². The van der Waals surface area contributed by atoms with Gasteiger partial charge in [-0.3, -0.25) is 0 Å². The molecule has 0 aliphatic rings. The highest BCUT2D eigenvalue weighted by Crippen LogP contribution is 2.29. The first-order valence-electron chi connectivity index (χ1n) is 5.02. The normalized spacial score (nSPS) is 10.2. The zero-order valence-electron chi connectivity index (χ0n) is 9.34. The lowest BCUT2D eigenvalue weighted by molar-refractivity contribution is 1.14. The molecule has 0 bridgehead atoms. The fraction of sp³-hybridized carbons (Fsp3) is 0.0909. The summed E-state index contributed by atoms with van der Waals surface area (Å²) in [5, 5.41) is 6.71. The van der Waals surface area contributed by atoms with E-state index in [0.717, 1.165) is 13.7 Å². The molecular formula is C11H9BrClIN4. The molecule has 18 heavy (non-hydrogen) atoms. The van der Waals surface area contributed by atoms with Crippen molar-refractivity contribution in [2.24, 2.45) is 0 Å². The Morgan fingerprint density at radius 2 is 2.17 bits per heavy atom. The van der Waals surface area contributed by atoms with Gasteiger partial charge in [0.1, 0.15) is 5.82 Å². The van der Waals surface area contributed by atoms with Gasteiger partial charge in [0.25, 0.3) is 0 Å². The van der Waals surface area contributed by atoms with Crippen LogP contribution in [0.4, 0.5) is 17.5 Å². The van der Waals surface area contributed by atoms with Crippen LogP contribution < -0.4 is 10.6 Å². The Hall–Kier alpha value is -0.600. The number of halogens is 3. The summed E-state index contributed by atoms with van der Waals surface area (Å²) in [5.41, 5.74) is 0.804. The van der Waals surface area contributed by atoms with Crippen molar-refractivity contribution in [1.29, 1.82) is 0 Å². The number of benzene rings is 1. The SMILES string of the molecule is CNc1ncc(Br)c(Nc2ccc(I)cc2Cl)n1. The second-order valence-corrected chi connectivity index (χ2v) is 5.90. The van der Waals surface area contributed by atoms with Crippen molar-refractivity contribution < 1.29 is 0 Å². The molecule has 7 heteroatoms. The largest absolute Gasteiger partial charge is 0.357 e. The molecule has 1 aromatic carbocycles. The van der Waals surface area contributed by atoms with Crippen LogP contribution in [-0.4, -0.2) is 17.0 Å². The molecule has 1 aromatic heterocycles. The molecule has 0 atom stereocenters. The Bertz CT molecular complexity index is 579. The van der Waals surface area contributed by atoms with Crippen molar-refractivity contribution in [1.82, 2.24) is 9.97 Å². The Kier molecular flexibility index (Phi) is 4.63. The lowest BCUT2D eigenvalue weighted by atomic mass is 10.3. The second kappa shape index (κ2) is 6.03.